The summed E-state index contributed by atoms with van der Waals surface area (Å²) < 4.78 is 4.80. The molecule has 3 amide bonds. The molecule has 3 unspecified atom stereocenters. The predicted octanol–water partition coefficient (Wildman–Crippen LogP) is 6.18. The Balaban J connectivity index is 1.64. The van der Waals surface area contributed by atoms with Gasteiger partial charge in [-0.05, 0) is 74.4 Å². The van der Waals surface area contributed by atoms with E-state index in [4.69, 9.17) is 4.74 Å². The average Bonchev–Trinajstić information content (AvgIpc) is 3.67. The van der Waals surface area contributed by atoms with Gasteiger partial charge in [-0.1, -0.05) is 57.5 Å². The first-order chi connectivity index (χ1) is 23.0. The van der Waals surface area contributed by atoms with Crippen molar-refractivity contribution in [3.8, 4) is 5.75 Å². The van der Waals surface area contributed by atoms with Crippen molar-refractivity contribution < 1.29 is 24.2 Å². The Bertz CT molecular complexity index is 1520. The van der Waals surface area contributed by atoms with Crippen molar-refractivity contribution in [2.75, 3.05) is 36.1 Å². The number of hydrogen-bond donors (Lipinski definition) is 1. The monoisotopic (exact) mass is 673 g/mol. The lowest BCUT2D eigenvalue weighted by Gasteiger charge is -2.43. The number of benzene rings is 2. The van der Waals surface area contributed by atoms with Crippen LogP contribution in [0.1, 0.15) is 51.7 Å². The lowest BCUT2D eigenvalue weighted by molar-refractivity contribution is -0.143. The zero-order valence-electron chi connectivity index (χ0n) is 29.2. The highest BCUT2D eigenvalue weighted by atomic mass is 32.2. The van der Waals surface area contributed by atoms with E-state index in [9.17, 15) is 9.90 Å². The molecule has 2 aromatic carbocycles. The van der Waals surface area contributed by atoms with Gasteiger partial charge >= 0.3 is 0 Å². The van der Waals surface area contributed by atoms with E-state index in [1.54, 1.807) is 38.6 Å². The summed E-state index contributed by atoms with van der Waals surface area (Å²) in [5.74, 6) is -1.24. The third-order valence-corrected chi connectivity index (χ3v) is 12.9. The van der Waals surface area contributed by atoms with Gasteiger partial charge in [-0.15, -0.1) is 24.9 Å². The molecule has 0 aromatic heterocycles. The van der Waals surface area contributed by atoms with Crippen LogP contribution in [0.4, 0.5) is 11.4 Å². The quantitative estimate of drug-likeness (QED) is 0.241. The van der Waals surface area contributed by atoms with Gasteiger partial charge in [-0.2, -0.15) is 0 Å². The van der Waals surface area contributed by atoms with Gasteiger partial charge in [0.1, 0.15) is 11.8 Å². The van der Waals surface area contributed by atoms with Crippen LogP contribution in [0.5, 0.6) is 5.75 Å². The zero-order valence-corrected chi connectivity index (χ0v) is 30.0. The molecule has 258 valence electrons. The molecule has 2 bridgehead atoms. The Labute approximate surface area is 290 Å². The maximum Gasteiger partial charge on any atom is 0.251 e. The maximum atomic E-state index is 15.3. The first-order valence-corrected chi connectivity index (χ1v) is 18.1. The number of thioether (sulfide) groups is 1. The minimum atomic E-state index is -0.860. The summed E-state index contributed by atoms with van der Waals surface area (Å²) in [5.41, 5.74) is 3.42. The van der Waals surface area contributed by atoms with Gasteiger partial charge in [-0.25, -0.2) is 0 Å². The smallest absolute Gasteiger partial charge is 0.251 e. The van der Waals surface area contributed by atoms with Crippen molar-refractivity contribution in [1.29, 1.82) is 0 Å². The van der Waals surface area contributed by atoms with Gasteiger partial charge in [0.15, 0.2) is 0 Å². The van der Waals surface area contributed by atoms with E-state index in [0.29, 0.717) is 24.5 Å². The van der Waals surface area contributed by atoms with E-state index >= 15 is 9.59 Å². The summed E-state index contributed by atoms with van der Waals surface area (Å²) in [7, 11) is 0. The molecular formula is C39H51N3O5S. The van der Waals surface area contributed by atoms with Crippen LogP contribution in [-0.2, 0) is 14.4 Å². The van der Waals surface area contributed by atoms with Crippen LogP contribution in [-0.4, -0.2) is 76.1 Å². The number of anilines is 2. The first-order valence-electron chi connectivity index (χ1n) is 17.3. The number of carbonyl (C=O) groups excluding carboxylic acids is 3. The number of aliphatic hydroxyl groups excluding tert-OH is 1. The van der Waals surface area contributed by atoms with E-state index < -0.39 is 28.7 Å². The van der Waals surface area contributed by atoms with Crippen LogP contribution in [0, 0.1) is 37.5 Å². The Morgan fingerprint density at radius 3 is 2.25 bits per heavy atom. The second kappa shape index (κ2) is 14.5. The summed E-state index contributed by atoms with van der Waals surface area (Å²) in [5, 5.41) is 10.7. The molecule has 8 nitrogen and oxygen atoms in total. The fourth-order valence-electron chi connectivity index (χ4n) is 8.51. The van der Waals surface area contributed by atoms with Gasteiger partial charge < -0.3 is 24.5 Å². The average molecular weight is 674 g/mol. The van der Waals surface area contributed by atoms with Crippen molar-refractivity contribution in [2.24, 2.45) is 23.7 Å². The number of ether oxygens (including phenoxy) is 1. The van der Waals surface area contributed by atoms with Crippen LogP contribution < -0.4 is 14.5 Å². The molecule has 3 saturated heterocycles. The number of rotatable bonds is 14. The van der Waals surface area contributed by atoms with Crippen molar-refractivity contribution >= 4 is 40.9 Å². The molecule has 3 aliphatic heterocycles. The minimum absolute atomic E-state index is 0.0115. The summed E-state index contributed by atoms with van der Waals surface area (Å²) in [6.45, 7) is 20.8. The largest absolute Gasteiger partial charge is 0.494 e. The third-order valence-electron chi connectivity index (χ3n) is 10.9. The fraction of sp³-hybridized carbons (Fsp3) is 0.513. The highest BCUT2D eigenvalue weighted by Crippen LogP contribution is 2.69. The minimum Gasteiger partial charge on any atom is -0.494 e. The van der Waals surface area contributed by atoms with Gasteiger partial charge in [0.2, 0.25) is 11.8 Å². The summed E-state index contributed by atoms with van der Waals surface area (Å²) in [6, 6.07) is 11.9. The molecule has 8 atom stereocenters. The molecule has 0 aliphatic carbocycles. The predicted molar refractivity (Wildman–Crippen MR) is 194 cm³/mol. The molecule has 5 rings (SSSR count). The topological polar surface area (TPSA) is 90.4 Å². The fourth-order valence-corrected chi connectivity index (χ4v) is 10.9. The number of fused-ring (bicyclic) bond motifs is 1. The highest BCUT2D eigenvalue weighted by Gasteiger charge is 2.77. The van der Waals surface area contributed by atoms with Gasteiger partial charge in [0.05, 0.1) is 35.8 Å². The molecule has 3 aliphatic rings. The van der Waals surface area contributed by atoms with E-state index in [1.807, 2.05) is 77.1 Å². The van der Waals surface area contributed by atoms with E-state index in [2.05, 4.69) is 20.1 Å². The SMILES string of the molecule is C=CCN(C(=O)[C@@H]1[C@H]2C(=O)N([C@@H](CO)[C@@H](C)CC)C(C(=O)N(CC=C)c3c(C)cccc3C)C23S[C@@H]1CC3C)c1ccc(OCC)cc1. The zero-order chi connectivity index (χ0) is 34.9. The number of nitrogens with zero attached hydrogens (tertiary/aromatic N) is 3. The van der Waals surface area contributed by atoms with E-state index in [-0.39, 0.29) is 54.5 Å². The van der Waals surface area contributed by atoms with Crippen molar-refractivity contribution in [1.82, 2.24) is 4.90 Å². The van der Waals surface area contributed by atoms with E-state index in [1.165, 1.54) is 0 Å². The normalized spacial score (nSPS) is 26.9. The molecule has 1 spiro atoms. The van der Waals surface area contributed by atoms with Crippen molar-refractivity contribution in [3.05, 3.63) is 78.9 Å². The molecular weight excluding hydrogens is 623 g/mol. The van der Waals surface area contributed by atoms with Crippen LogP contribution in [0.15, 0.2) is 67.8 Å². The van der Waals surface area contributed by atoms with Crippen LogP contribution in [0.2, 0.25) is 0 Å². The Hall–Kier alpha value is -3.56. The number of likely N-dealkylation sites (tertiary alicyclic amines) is 1. The molecule has 2 aromatic rings. The number of aliphatic hydroxyl groups is 1. The molecule has 1 N–H and O–H groups in total. The molecule has 3 fully saturated rings. The highest BCUT2D eigenvalue weighted by molar-refractivity contribution is 8.02. The maximum absolute atomic E-state index is 15.3. The van der Waals surface area contributed by atoms with Crippen molar-refractivity contribution in [3.63, 3.8) is 0 Å². The summed E-state index contributed by atoms with van der Waals surface area (Å²) >= 11 is 1.65. The van der Waals surface area contributed by atoms with Gasteiger partial charge in [0, 0.05) is 29.7 Å². The van der Waals surface area contributed by atoms with E-state index in [0.717, 1.165) is 23.2 Å². The number of amides is 3. The van der Waals surface area contributed by atoms with Crippen molar-refractivity contribution in [2.45, 2.75) is 76.5 Å². The number of para-hydroxylation sites is 1. The van der Waals surface area contributed by atoms with Crippen LogP contribution in [0.3, 0.4) is 0 Å². The molecule has 3 heterocycles. The second-order valence-electron chi connectivity index (χ2n) is 13.6. The number of carbonyl (C=O) groups is 3. The Morgan fingerprint density at radius 2 is 1.69 bits per heavy atom. The molecule has 48 heavy (non-hydrogen) atoms. The van der Waals surface area contributed by atoms with Crippen LogP contribution in [0.25, 0.3) is 0 Å². The lowest BCUT2D eigenvalue weighted by Crippen LogP contribution is -2.60. The molecule has 0 radical (unpaired) electrons. The van der Waals surface area contributed by atoms with Gasteiger partial charge in [0.25, 0.3) is 5.91 Å². The lowest BCUT2D eigenvalue weighted by atomic mass is 9.65. The first kappa shape index (κ1) is 35.7. The summed E-state index contributed by atoms with van der Waals surface area (Å²) in [6.07, 6.45) is 4.85. The number of hydrogen-bond acceptors (Lipinski definition) is 6. The standard InChI is InChI=1S/C39H51N3O5S/c1-9-20-40(28-16-18-29(19-17-28)47-12-4)36(44)32-31-22-27(8)39(48-31)33(32)37(45)42(30(23-43)24(5)11-3)35(39)38(46)41(21-10-2)34-25(6)14-13-15-26(34)7/h9-10,13-19,24,27,30-33,35,43H,1-2,11-12,20-23H2,3-8H3/t24-,27?,30-,31+,32-,33-,35?,39?/m0/s1. The molecule has 9 heteroatoms. The van der Waals surface area contributed by atoms with Crippen LogP contribution >= 0.6 is 11.8 Å². The Kier molecular flexibility index (Phi) is 10.8. The number of aryl methyl sites for hydroxylation is 2. The molecule has 0 saturated carbocycles. The van der Waals surface area contributed by atoms with Gasteiger partial charge in [-0.3, -0.25) is 14.4 Å². The third kappa shape index (κ3) is 5.76. The Morgan fingerprint density at radius 1 is 1.06 bits per heavy atom. The second-order valence-corrected chi connectivity index (χ2v) is 15.1. The summed E-state index contributed by atoms with van der Waals surface area (Å²) in [4.78, 5) is 50.3.